The van der Waals surface area contributed by atoms with Crippen LogP contribution in [0, 0.1) is 29.6 Å². The van der Waals surface area contributed by atoms with E-state index in [1.165, 1.54) is 0 Å². The third kappa shape index (κ3) is 2.58. The van der Waals surface area contributed by atoms with Crippen LogP contribution in [0.1, 0.15) is 29.2 Å². The molecule has 2 N–H and O–H groups in total. The van der Waals surface area contributed by atoms with E-state index in [4.69, 9.17) is 10.5 Å². The molecule has 0 aliphatic carbocycles. The van der Waals surface area contributed by atoms with Crippen LogP contribution in [0.15, 0.2) is 18.2 Å². The van der Waals surface area contributed by atoms with Gasteiger partial charge in [0.1, 0.15) is 6.10 Å². The number of hydrogen-bond donors (Lipinski definition) is 2. The summed E-state index contributed by atoms with van der Waals surface area (Å²) in [5.74, 6) is 0. The van der Waals surface area contributed by atoms with E-state index in [9.17, 15) is 10.2 Å². The summed E-state index contributed by atoms with van der Waals surface area (Å²) >= 11 is 0. The SMILES string of the molecule is Cc1ccc(C(O)C(O)CC#N)c(C#N)c1. The van der Waals surface area contributed by atoms with E-state index >= 15 is 0 Å². The maximum Gasteiger partial charge on any atom is 0.107 e. The van der Waals surface area contributed by atoms with E-state index in [0.29, 0.717) is 11.1 Å². The lowest BCUT2D eigenvalue weighted by Crippen LogP contribution is -2.18. The minimum atomic E-state index is -1.20. The smallest absolute Gasteiger partial charge is 0.107 e. The summed E-state index contributed by atoms with van der Waals surface area (Å²) in [4.78, 5) is 0. The molecule has 0 fully saturated rings. The van der Waals surface area contributed by atoms with Gasteiger partial charge in [0.2, 0.25) is 0 Å². The van der Waals surface area contributed by atoms with Gasteiger partial charge in [0.05, 0.1) is 30.2 Å². The largest absolute Gasteiger partial charge is 0.389 e. The molecule has 0 amide bonds. The number of nitrogens with zero attached hydrogens (tertiary/aromatic N) is 2. The Morgan fingerprint density at radius 2 is 2.00 bits per heavy atom. The molecule has 0 aromatic heterocycles. The van der Waals surface area contributed by atoms with Crippen molar-refractivity contribution in [3.05, 3.63) is 34.9 Å². The highest BCUT2D eigenvalue weighted by Gasteiger charge is 2.20. The number of hydrogen-bond acceptors (Lipinski definition) is 4. The first-order chi connectivity index (χ1) is 7.60. The first-order valence-corrected chi connectivity index (χ1v) is 4.84. The molecule has 4 heteroatoms. The summed E-state index contributed by atoms with van der Waals surface area (Å²) in [6.07, 6.45) is -2.53. The van der Waals surface area contributed by atoms with Crippen LogP contribution in [0.25, 0.3) is 0 Å². The van der Waals surface area contributed by atoms with Crippen LogP contribution in [-0.4, -0.2) is 16.3 Å². The molecule has 0 spiro atoms. The summed E-state index contributed by atoms with van der Waals surface area (Å²) in [5, 5.41) is 36.6. The van der Waals surface area contributed by atoms with Crippen molar-refractivity contribution in [3.8, 4) is 12.1 Å². The van der Waals surface area contributed by atoms with Crippen LogP contribution < -0.4 is 0 Å². The second kappa shape index (κ2) is 5.27. The lowest BCUT2D eigenvalue weighted by molar-refractivity contribution is 0.0215. The van der Waals surface area contributed by atoms with Crippen molar-refractivity contribution < 1.29 is 10.2 Å². The number of benzene rings is 1. The van der Waals surface area contributed by atoms with Crippen molar-refractivity contribution in [1.29, 1.82) is 10.5 Å². The number of rotatable bonds is 3. The van der Waals surface area contributed by atoms with Gasteiger partial charge in [0.25, 0.3) is 0 Å². The Morgan fingerprint density at radius 1 is 1.31 bits per heavy atom. The molecule has 1 rings (SSSR count). The first-order valence-electron chi connectivity index (χ1n) is 4.84. The van der Waals surface area contributed by atoms with Crippen LogP contribution in [-0.2, 0) is 0 Å². The van der Waals surface area contributed by atoms with Gasteiger partial charge in [-0.15, -0.1) is 0 Å². The van der Waals surface area contributed by atoms with E-state index < -0.39 is 12.2 Å². The molecule has 16 heavy (non-hydrogen) atoms. The summed E-state index contributed by atoms with van der Waals surface area (Å²) in [5.41, 5.74) is 1.59. The third-order valence-corrected chi connectivity index (χ3v) is 2.31. The Kier molecular flexibility index (Phi) is 4.02. The highest BCUT2D eigenvalue weighted by atomic mass is 16.3. The zero-order chi connectivity index (χ0) is 12.1. The van der Waals surface area contributed by atoms with Crippen molar-refractivity contribution >= 4 is 0 Å². The van der Waals surface area contributed by atoms with Crippen molar-refractivity contribution in [2.24, 2.45) is 0 Å². The third-order valence-electron chi connectivity index (χ3n) is 2.31. The second-order valence-electron chi connectivity index (χ2n) is 3.58. The van der Waals surface area contributed by atoms with E-state index in [1.54, 1.807) is 24.3 Å². The maximum absolute atomic E-state index is 9.77. The minimum Gasteiger partial charge on any atom is -0.389 e. The second-order valence-corrected chi connectivity index (χ2v) is 3.58. The number of aliphatic hydroxyl groups excluding tert-OH is 2. The Morgan fingerprint density at radius 3 is 2.56 bits per heavy atom. The lowest BCUT2D eigenvalue weighted by Gasteiger charge is -2.16. The fourth-order valence-electron chi connectivity index (χ4n) is 1.44. The fourth-order valence-corrected chi connectivity index (χ4v) is 1.44. The molecule has 0 radical (unpaired) electrons. The van der Waals surface area contributed by atoms with Gasteiger partial charge in [-0.2, -0.15) is 10.5 Å². The quantitative estimate of drug-likeness (QED) is 0.793. The number of nitriles is 2. The predicted octanol–water partition coefficient (Wildman–Crippen LogP) is 1.17. The van der Waals surface area contributed by atoms with Gasteiger partial charge < -0.3 is 10.2 Å². The molecule has 1 aromatic rings. The zero-order valence-electron chi connectivity index (χ0n) is 8.88. The summed E-state index contributed by atoms with van der Waals surface area (Å²) < 4.78 is 0. The molecule has 0 heterocycles. The van der Waals surface area contributed by atoms with E-state index in [-0.39, 0.29) is 6.42 Å². The molecule has 2 unspecified atom stereocenters. The standard InChI is InChI=1S/C12H12N2O2/c1-8-2-3-10(9(6-8)7-14)12(16)11(15)4-5-13/h2-3,6,11-12,15-16H,4H2,1H3. The van der Waals surface area contributed by atoms with Gasteiger partial charge in [-0.3, -0.25) is 0 Å². The Balaban J connectivity index is 3.05. The van der Waals surface area contributed by atoms with Gasteiger partial charge in [0, 0.05) is 5.56 Å². The molecule has 1 aromatic carbocycles. The molecule has 0 saturated heterocycles. The molecular weight excluding hydrogens is 204 g/mol. The molecule has 4 nitrogen and oxygen atoms in total. The summed E-state index contributed by atoms with van der Waals surface area (Å²) in [6, 6.07) is 8.72. The van der Waals surface area contributed by atoms with E-state index in [0.717, 1.165) is 5.56 Å². The fraction of sp³-hybridized carbons (Fsp3) is 0.333. The topological polar surface area (TPSA) is 88.0 Å². The normalized spacial score (nSPS) is 13.6. The van der Waals surface area contributed by atoms with Gasteiger partial charge in [-0.25, -0.2) is 0 Å². The average molecular weight is 216 g/mol. The van der Waals surface area contributed by atoms with Crippen LogP contribution in [0.2, 0.25) is 0 Å². The van der Waals surface area contributed by atoms with Gasteiger partial charge >= 0.3 is 0 Å². The van der Waals surface area contributed by atoms with Crippen LogP contribution in [0.3, 0.4) is 0 Å². The number of aliphatic hydroxyl groups is 2. The van der Waals surface area contributed by atoms with Crippen molar-refractivity contribution in [3.63, 3.8) is 0 Å². The molecular formula is C12H12N2O2. The molecule has 2 atom stereocenters. The van der Waals surface area contributed by atoms with Gasteiger partial charge in [-0.1, -0.05) is 12.1 Å². The molecule has 82 valence electrons. The molecule has 0 saturated carbocycles. The lowest BCUT2D eigenvalue weighted by atomic mass is 9.96. The monoisotopic (exact) mass is 216 g/mol. The minimum absolute atomic E-state index is 0.167. The van der Waals surface area contributed by atoms with Crippen molar-refractivity contribution in [2.75, 3.05) is 0 Å². The van der Waals surface area contributed by atoms with Crippen LogP contribution in [0.4, 0.5) is 0 Å². The van der Waals surface area contributed by atoms with E-state index in [2.05, 4.69) is 0 Å². The summed E-state index contributed by atoms with van der Waals surface area (Å²) in [7, 11) is 0. The highest BCUT2D eigenvalue weighted by molar-refractivity contribution is 5.42. The van der Waals surface area contributed by atoms with Crippen molar-refractivity contribution in [2.45, 2.75) is 25.6 Å². The molecule has 0 aliphatic heterocycles. The first kappa shape index (κ1) is 12.2. The highest BCUT2D eigenvalue weighted by Crippen LogP contribution is 2.23. The van der Waals surface area contributed by atoms with Crippen LogP contribution in [0.5, 0.6) is 0 Å². The molecule has 0 aliphatic rings. The van der Waals surface area contributed by atoms with Gasteiger partial charge in [0.15, 0.2) is 0 Å². The predicted molar refractivity (Wildman–Crippen MR) is 57.1 cm³/mol. The van der Waals surface area contributed by atoms with Gasteiger partial charge in [-0.05, 0) is 18.6 Å². The van der Waals surface area contributed by atoms with Crippen molar-refractivity contribution in [1.82, 2.24) is 0 Å². The number of aryl methyl sites for hydroxylation is 1. The van der Waals surface area contributed by atoms with E-state index in [1.807, 2.05) is 13.0 Å². The maximum atomic E-state index is 9.77. The zero-order valence-corrected chi connectivity index (χ0v) is 8.88. The molecule has 0 bridgehead atoms. The Labute approximate surface area is 94.0 Å². The Bertz CT molecular complexity index is 457. The van der Waals surface area contributed by atoms with Crippen LogP contribution >= 0.6 is 0 Å². The summed E-state index contributed by atoms with van der Waals surface area (Å²) in [6.45, 7) is 1.84. The average Bonchev–Trinajstić information content (AvgIpc) is 2.28. The Hall–Kier alpha value is -1.88.